The van der Waals surface area contributed by atoms with Gasteiger partial charge >= 0.3 is 0 Å². The van der Waals surface area contributed by atoms with Gasteiger partial charge in [-0.3, -0.25) is 4.79 Å². The molecule has 3 aromatic rings. The van der Waals surface area contributed by atoms with Crippen LogP contribution in [0.15, 0.2) is 66.7 Å². The molecule has 0 fully saturated rings. The second-order valence-electron chi connectivity index (χ2n) is 7.28. The zero-order chi connectivity index (χ0) is 22.9. The Morgan fingerprint density at radius 3 is 1.97 bits per heavy atom. The van der Waals surface area contributed by atoms with Gasteiger partial charge in [-0.05, 0) is 47.9 Å². The van der Waals surface area contributed by atoms with Crippen LogP contribution in [0.1, 0.15) is 27.4 Å². The fourth-order valence-electron chi connectivity index (χ4n) is 3.61. The smallest absolute Gasteiger partial charge is 0.251 e. The van der Waals surface area contributed by atoms with Crippen LogP contribution in [-0.4, -0.2) is 40.9 Å². The van der Waals surface area contributed by atoms with Gasteiger partial charge in [0.25, 0.3) is 5.91 Å². The van der Waals surface area contributed by atoms with E-state index in [2.05, 4.69) is 17.4 Å². The monoisotopic (exact) mass is 435 g/mol. The molecule has 0 aliphatic carbocycles. The Hall–Kier alpha value is -3.67. The predicted octanol–water partition coefficient (Wildman–Crippen LogP) is 4.48. The van der Waals surface area contributed by atoms with Crippen molar-refractivity contribution in [2.75, 3.05) is 35.0 Å². The molecule has 1 N–H and O–H groups in total. The normalized spacial score (nSPS) is 11.4. The van der Waals surface area contributed by atoms with Crippen molar-refractivity contribution in [3.05, 3.63) is 83.4 Å². The van der Waals surface area contributed by atoms with E-state index < -0.39 is 0 Å². The van der Waals surface area contributed by atoms with Gasteiger partial charge in [0.1, 0.15) is 0 Å². The molecule has 168 valence electrons. The molecule has 3 rings (SSSR count). The highest BCUT2D eigenvalue weighted by Crippen LogP contribution is 2.32. The molecule has 0 aromatic heterocycles. The Balaban J connectivity index is 1.82. The molecular weight excluding hydrogens is 406 g/mol. The summed E-state index contributed by atoms with van der Waals surface area (Å²) in [5.41, 5.74) is 2.75. The van der Waals surface area contributed by atoms with Crippen LogP contribution in [0.25, 0.3) is 0 Å². The van der Waals surface area contributed by atoms with Crippen LogP contribution in [0.2, 0.25) is 0 Å². The molecule has 0 unspecified atom stereocenters. The fourth-order valence-corrected chi connectivity index (χ4v) is 3.61. The summed E-state index contributed by atoms with van der Waals surface area (Å²) < 4.78 is 21.4. The van der Waals surface area contributed by atoms with E-state index in [0.717, 1.165) is 12.0 Å². The lowest BCUT2D eigenvalue weighted by Crippen LogP contribution is -2.29. The third kappa shape index (κ3) is 5.52. The molecule has 32 heavy (non-hydrogen) atoms. The Kier molecular flexibility index (Phi) is 7.97. The molecular formula is C26H29NO5. The molecule has 0 saturated carbocycles. The van der Waals surface area contributed by atoms with Crippen LogP contribution in [0.5, 0.6) is 23.0 Å². The van der Waals surface area contributed by atoms with Gasteiger partial charge in [-0.15, -0.1) is 0 Å². The number of hydrogen-bond donors (Lipinski definition) is 1. The number of carbonyl (C=O) groups excluding carboxylic acids is 1. The summed E-state index contributed by atoms with van der Waals surface area (Å²) in [5, 5.41) is 3.07. The number of carbonyl (C=O) groups is 1. The molecule has 0 spiro atoms. The van der Waals surface area contributed by atoms with Crippen LogP contribution in [-0.2, 0) is 6.42 Å². The molecule has 0 bridgehead atoms. The van der Waals surface area contributed by atoms with Crippen molar-refractivity contribution in [2.45, 2.75) is 12.3 Å². The molecule has 1 atom stereocenters. The van der Waals surface area contributed by atoms with Gasteiger partial charge in [0, 0.05) is 18.0 Å². The van der Waals surface area contributed by atoms with E-state index in [0.29, 0.717) is 35.1 Å². The number of hydrogen-bond acceptors (Lipinski definition) is 5. The van der Waals surface area contributed by atoms with E-state index >= 15 is 0 Å². The zero-order valence-corrected chi connectivity index (χ0v) is 18.9. The van der Waals surface area contributed by atoms with E-state index in [9.17, 15) is 4.79 Å². The van der Waals surface area contributed by atoms with Gasteiger partial charge in [-0.2, -0.15) is 0 Å². The van der Waals surface area contributed by atoms with Crippen molar-refractivity contribution < 1.29 is 23.7 Å². The minimum atomic E-state index is -0.176. The quantitative estimate of drug-likeness (QED) is 0.509. The molecule has 1 amide bonds. The van der Waals surface area contributed by atoms with Gasteiger partial charge < -0.3 is 24.3 Å². The van der Waals surface area contributed by atoms with E-state index in [1.807, 2.05) is 36.4 Å². The van der Waals surface area contributed by atoms with E-state index in [1.54, 1.807) is 46.6 Å². The third-order valence-electron chi connectivity index (χ3n) is 5.36. The Morgan fingerprint density at radius 2 is 1.34 bits per heavy atom. The summed E-state index contributed by atoms with van der Waals surface area (Å²) in [7, 11) is 6.34. The van der Waals surface area contributed by atoms with Crippen molar-refractivity contribution in [3.63, 3.8) is 0 Å². The highest BCUT2D eigenvalue weighted by molar-refractivity contribution is 5.94. The number of methoxy groups -OCH3 is 4. The maximum Gasteiger partial charge on any atom is 0.251 e. The maximum absolute atomic E-state index is 12.9. The van der Waals surface area contributed by atoms with Crippen LogP contribution in [0, 0.1) is 0 Å². The summed E-state index contributed by atoms with van der Waals surface area (Å²) in [5.74, 6) is 2.29. The summed E-state index contributed by atoms with van der Waals surface area (Å²) in [6, 6.07) is 21.2. The summed E-state index contributed by atoms with van der Waals surface area (Å²) in [4.78, 5) is 12.9. The Morgan fingerprint density at radius 1 is 0.750 bits per heavy atom. The molecule has 6 nitrogen and oxygen atoms in total. The summed E-state index contributed by atoms with van der Waals surface area (Å²) in [6.45, 7) is 0.456. The van der Waals surface area contributed by atoms with Gasteiger partial charge in [0.05, 0.1) is 28.4 Å². The average Bonchev–Trinajstić information content (AvgIpc) is 2.85. The molecule has 0 heterocycles. The lowest BCUT2D eigenvalue weighted by atomic mass is 9.91. The molecule has 0 aliphatic heterocycles. The molecule has 0 aliphatic rings. The number of benzene rings is 3. The van der Waals surface area contributed by atoms with Crippen molar-refractivity contribution in [3.8, 4) is 23.0 Å². The lowest BCUT2D eigenvalue weighted by Gasteiger charge is -2.20. The summed E-state index contributed by atoms with van der Waals surface area (Å²) >= 11 is 0. The largest absolute Gasteiger partial charge is 0.493 e. The van der Waals surface area contributed by atoms with Crippen LogP contribution in [0.4, 0.5) is 0 Å². The van der Waals surface area contributed by atoms with Crippen molar-refractivity contribution in [2.24, 2.45) is 0 Å². The van der Waals surface area contributed by atoms with Gasteiger partial charge in [0.15, 0.2) is 23.0 Å². The second kappa shape index (κ2) is 11.1. The minimum Gasteiger partial charge on any atom is -0.493 e. The second-order valence-corrected chi connectivity index (χ2v) is 7.28. The first-order valence-corrected chi connectivity index (χ1v) is 10.4. The van der Waals surface area contributed by atoms with Crippen molar-refractivity contribution >= 4 is 5.91 Å². The first kappa shape index (κ1) is 23.0. The molecule has 3 aromatic carbocycles. The van der Waals surface area contributed by atoms with Gasteiger partial charge in [0.2, 0.25) is 0 Å². The zero-order valence-electron chi connectivity index (χ0n) is 18.9. The topological polar surface area (TPSA) is 66.0 Å². The van der Waals surface area contributed by atoms with E-state index in [4.69, 9.17) is 18.9 Å². The number of amides is 1. The number of nitrogens with one attached hydrogen (secondary N) is 1. The van der Waals surface area contributed by atoms with Crippen molar-refractivity contribution in [1.82, 2.24) is 5.32 Å². The number of ether oxygens (including phenoxy) is 4. The highest BCUT2D eigenvalue weighted by atomic mass is 16.5. The van der Waals surface area contributed by atoms with E-state index in [1.165, 1.54) is 5.56 Å². The first-order valence-electron chi connectivity index (χ1n) is 10.4. The van der Waals surface area contributed by atoms with Gasteiger partial charge in [-0.25, -0.2) is 0 Å². The molecule has 0 radical (unpaired) electrons. The predicted molar refractivity (Wildman–Crippen MR) is 124 cm³/mol. The lowest BCUT2D eigenvalue weighted by molar-refractivity contribution is 0.0950. The number of rotatable bonds is 10. The minimum absolute atomic E-state index is 0.0429. The molecule has 6 heteroatoms. The Bertz CT molecular complexity index is 1040. The summed E-state index contributed by atoms with van der Waals surface area (Å²) in [6.07, 6.45) is 0.766. The van der Waals surface area contributed by atoms with E-state index in [-0.39, 0.29) is 11.8 Å². The standard InChI is InChI=1S/C26H29NO5/c1-29-22-12-10-19(15-24(22)31-3)21(14-18-8-6-5-7-9-18)17-27-26(28)20-11-13-23(30-2)25(16-20)32-4/h5-13,15-16,21H,14,17H2,1-4H3,(H,27,28)/t21-/m1/s1. The van der Waals surface area contributed by atoms with Gasteiger partial charge in [-0.1, -0.05) is 36.4 Å². The Labute approximate surface area is 189 Å². The average molecular weight is 436 g/mol. The maximum atomic E-state index is 12.9. The SMILES string of the molecule is COc1ccc(C(=O)NC[C@@H](Cc2ccccc2)c2ccc(OC)c(OC)c2)cc1OC. The molecule has 0 saturated heterocycles. The van der Waals surface area contributed by atoms with Crippen LogP contribution in [0.3, 0.4) is 0 Å². The van der Waals surface area contributed by atoms with Crippen LogP contribution >= 0.6 is 0 Å². The van der Waals surface area contributed by atoms with Crippen molar-refractivity contribution in [1.29, 1.82) is 0 Å². The van der Waals surface area contributed by atoms with Crippen LogP contribution < -0.4 is 24.3 Å². The highest BCUT2D eigenvalue weighted by Gasteiger charge is 2.18. The first-order chi connectivity index (χ1) is 15.6. The fraction of sp³-hybridized carbons (Fsp3) is 0.269. The third-order valence-corrected chi connectivity index (χ3v) is 5.36.